The molecule has 0 saturated carbocycles. The minimum Gasteiger partial charge on any atom is -0.469 e. The lowest BCUT2D eigenvalue weighted by atomic mass is 10.0. The second kappa shape index (κ2) is 4.91. The summed E-state index contributed by atoms with van der Waals surface area (Å²) >= 11 is 12.1. The molecule has 0 spiro atoms. The zero-order valence-electron chi connectivity index (χ0n) is 8.49. The third-order valence-corrected chi connectivity index (χ3v) is 3.03. The topological polar surface area (TPSA) is 39.2 Å². The van der Waals surface area contributed by atoms with Gasteiger partial charge in [-0.3, -0.25) is 0 Å². The lowest BCUT2D eigenvalue weighted by Gasteiger charge is -2.13. The highest BCUT2D eigenvalue weighted by Crippen LogP contribution is 2.30. The van der Waals surface area contributed by atoms with Gasteiger partial charge < -0.3 is 10.2 Å². The van der Waals surface area contributed by atoms with E-state index in [4.69, 9.17) is 33.4 Å². The van der Waals surface area contributed by atoms with Crippen molar-refractivity contribution in [2.24, 2.45) is 5.73 Å². The lowest BCUT2D eigenvalue weighted by molar-refractivity contribution is 0.488. The van der Waals surface area contributed by atoms with Gasteiger partial charge in [-0.2, -0.15) is 0 Å². The lowest BCUT2D eigenvalue weighted by Crippen LogP contribution is -2.14. The van der Waals surface area contributed by atoms with Gasteiger partial charge in [0.15, 0.2) is 0 Å². The van der Waals surface area contributed by atoms with Gasteiger partial charge >= 0.3 is 0 Å². The Morgan fingerprint density at radius 3 is 2.38 bits per heavy atom. The first-order valence-electron chi connectivity index (χ1n) is 4.90. The molecule has 0 aliphatic heterocycles. The fourth-order valence-corrected chi connectivity index (χ4v) is 2.29. The predicted octanol–water partition coefficient (Wildman–Crippen LogP) is 3.83. The second-order valence-electron chi connectivity index (χ2n) is 3.53. The molecule has 4 heteroatoms. The molecular formula is C12H11Cl2NO. The summed E-state index contributed by atoms with van der Waals surface area (Å²) in [7, 11) is 0. The van der Waals surface area contributed by atoms with E-state index in [9.17, 15) is 0 Å². The van der Waals surface area contributed by atoms with Crippen LogP contribution in [0.4, 0.5) is 0 Å². The van der Waals surface area contributed by atoms with Gasteiger partial charge in [0, 0.05) is 28.1 Å². The normalized spacial score (nSPS) is 12.7. The Morgan fingerprint density at radius 2 is 1.81 bits per heavy atom. The zero-order chi connectivity index (χ0) is 11.5. The van der Waals surface area contributed by atoms with Gasteiger partial charge in [0.25, 0.3) is 0 Å². The summed E-state index contributed by atoms with van der Waals surface area (Å²) in [4.78, 5) is 0. The van der Waals surface area contributed by atoms with Gasteiger partial charge in [0.1, 0.15) is 5.76 Å². The van der Waals surface area contributed by atoms with Crippen LogP contribution in [-0.4, -0.2) is 0 Å². The maximum Gasteiger partial charge on any atom is 0.105 e. The van der Waals surface area contributed by atoms with Crippen LogP contribution in [0.25, 0.3) is 0 Å². The van der Waals surface area contributed by atoms with Crippen molar-refractivity contribution < 1.29 is 4.42 Å². The molecule has 2 nitrogen and oxygen atoms in total. The summed E-state index contributed by atoms with van der Waals surface area (Å²) in [6.07, 6.45) is 2.20. The van der Waals surface area contributed by atoms with E-state index in [0.717, 1.165) is 11.3 Å². The fraction of sp³-hybridized carbons (Fsp3) is 0.167. The molecule has 0 saturated heterocycles. The van der Waals surface area contributed by atoms with Gasteiger partial charge in [-0.1, -0.05) is 29.3 Å². The van der Waals surface area contributed by atoms with Crippen LogP contribution in [-0.2, 0) is 6.42 Å². The highest BCUT2D eigenvalue weighted by Gasteiger charge is 2.15. The van der Waals surface area contributed by atoms with Crippen molar-refractivity contribution in [3.63, 3.8) is 0 Å². The molecule has 0 bridgehead atoms. The van der Waals surface area contributed by atoms with Crippen molar-refractivity contribution in [3.8, 4) is 0 Å². The van der Waals surface area contributed by atoms with Crippen LogP contribution in [0.3, 0.4) is 0 Å². The van der Waals surface area contributed by atoms with Crippen molar-refractivity contribution in [3.05, 3.63) is 58.0 Å². The molecule has 1 aromatic heterocycles. The first-order chi connectivity index (χ1) is 7.68. The van der Waals surface area contributed by atoms with Crippen LogP contribution in [0.15, 0.2) is 41.0 Å². The summed E-state index contributed by atoms with van der Waals surface area (Å²) in [5.41, 5.74) is 6.82. The quantitative estimate of drug-likeness (QED) is 0.906. The van der Waals surface area contributed by atoms with E-state index in [0.29, 0.717) is 16.5 Å². The molecule has 0 fully saturated rings. The van der Waals surface area contributed by atoms with Crippen molar-refractivity contribution in [1.82, 2.24) is 0 Å². The van der Waals surface area contributed by atoms with E-state index in [2.05, 4.69) is 0 Å². The zero-order valence-corrected chi connectivity index (χ0v) is 10.0. The summed E-state index contributed by atoms with van der Waals surface area (Å²) in [6.45, 7) is 0. The molecule has 2 aromatic rings. The highest BCUT2D eigenvalue weighted by molar-refractivity contribution is 6.36. The average Bonchev–Trinajstić information content (AvgIpc) is 2.70. The molecule has 2 N–H and O–H groups in total. The SMILES string of the molecule is NC(Cc1ccco1)c1c(Cl)cccc1Cl. The van der Waals surface area contributed by atoms with E-state index in [1.54, 1.807) is 24.5 Å². The van der Waals surface area contributed by atoms with E-state index < -0.39 is 0 Å². The molecule has 0 radical (unpaired) electrons. The third-order valence-electron chi connectivity index (χ3n) is 2.37. The minimum absolute atomic E-state index is 0.257. The maximum absolute atomic E-state index is 6.07. The van der Waals surface area contributed by atoms with Gasteiger partial charge in [-0.25, -0.2) is 0 Å². The Morgan fingerprint density at radius 1 is 1.12 bits per heavy atom. The molecule has 1 heterocycles. The Balaban J connectivity index is 2.24. The first-order valence-corrected chi connectivity index (χ1v) is 5.66. The minimum atomic E-state index is -0.257. The summed E-state index contributed by atoms with van der Waals surface area (Å²) in [5.74, 6) is 0.823. The predicted molar refractivity (Wildman–Crippen MR) is 65.8 cm³/mol. The summed E-state index contributed by atoms with van der Waals surface area (Å²) in [5, 5.41) is 1.18. The molecule has 84 valence electrons. The summed E-state index contributed by atoms with van der Waals surface area (Å²) < 4.78 is 5.24. The van der Waals surface area contributed by atoms with Gasteiger partial charge in [-0.05, 0) is 24.3 Å². The molecular weight excluding hydrogens is 245 g/mol. The number of rotatable bonds is 3. The molecule has 0 aliphatic carbocycles. The Labute approximate surface area is 104 Å². The number of benzene rings is 1. The molecule has 1 unspecified atom stereocenters. The molecule has 1 aromatic carbocycles. The molecule has 16 heavy (non-hydrogen) atoms. The molecule has 1 atom stereocenters. The molecule has 2 rings (SSSR count). The van der Waals surface area contributed by atoms with E-state index >= 15 is 0 Å². The van der Waals surface area contributed by atoms with Crippen LogP contribution in [0.1, 0.15) is 17.4 Å². The van der Waals surface area contributed by atoms with E-state index in [-0.39, 0.29) is 6.04 Å². The Hall–Kier alpha value is -0.960. The molecule has 0 amide bonds. The van der Waals surface area contributed by atoms with Crippen molar-refractivity contribution in [2.75, 3.05) is 0 Å². The van der Waals surface area contributed by atoms with Gasteiger partial charge in [-0.15, -0.1) is 0 Å². The smallest absolute Gasteiger partial charge is 0.105 e. The second-order valence-corrected chi connectivity index (χ2v) is 4.34. The third kappa shape index (κ3) is 2.40. The number of hydrogen-bond acceptors (Lipinski definition) is 2. The number of hydrogen-bond donors (Lipinski definition) is 1. The summed E-state index contributed by atoms with van der Waals surface area (Å²) in [6, 6.07) is 8.82. The van der Waals surface area contributed by atoms with Crippen molar-refractivity contribution >= 4 is 23.2 Å². The van der Waals surface area contributed by atoms with Crippen LogP contribution < -0.4 is 5.73 Å². The van der Waals surface area contributed by atoms with Crippen molar-refractivity contribution in [1.29, 1.82) is 0 Å². The number of nitrogens with two attached hydrogens (primary N) is 1. The molecule has 0 aliphatic rings. The van der Waals surface area contributed by atoms with E-state index in [1.165, 1.54) is 0 Å². The highest BCUT2D eigenvalue weighted by atomic mass is 35.5. The Kier molecular flexibility index (Phi) is 3.54. The maximum atomic E-state index is 6.07. The largest absolute Gasteiger partial charge is 0.469 e. The standard InChI is InChI=1S/C12H11Cl2NO/c13-9-4-1-5-10(14)12(9)11(15)7-8-3-2-6-16-8/h1-6,11H,7,15H2. The van der Waals surface area contributed by atoms with Gasteiger partial charge in [0.2, 0.25) is 0 Å². The van der Waals surface area contributed by atoms with Crippen molar-refractivity contribution in [2.45, 2.75) is 12.5 Å². The number of furan rings is 1. The monoisotopic (exact) mass is 255 g/mol. The van der Waals surface area contributed by atoms with Crippen LogP contribution >= 0.6 is 23.2 Å². The average molecular weight is 256 g/mol. The van der Waals surface area contributed by atoms with Crippen LogP contribution in [0.5, 0.6) is 0 Å². The van der Waals surface area contributed by atoms with Crippen LogP contribution in [0.2, 0.25) is 10.0 Å². The first kappa shape index (κ1) is 11.5. The van der Waals surface area contributed by atoms with Crippen LogP contribution in [0, 0.1) is 0 Å². The Bertz CT molecular complexity index is 448. The van der Waals surface area contributed by atoms with E-state index in [1.807, 2.05) is 12.1 Å². The van der Waals surface area contributed by atoms with Gasteiger partial charge in [0.05, 0.1) is 6.26 Å². The number of halogens is 2. The fourth-order valence-electron chi connectivity index (χ4n) is 1.61.